The van der Waals surface area contributed by atoms with Crippen LogP contribution in [-0.4, -0.2) is 68.1 Å². The Labute approximate surface area is 146 Å². The maximum Gasteiger partial charge on any atom is 0.322 e. The average Bonchev–Trinajstić information content (AvgIpc) is 2.93. The van der Waals surface area contributed by atoms with E-state index in [0.717, 1.165) is 32.7 Å². The van der Waals surface area contributed by atoms with E-state index in [-0.39, 0.29) is 12.3 Å². The van der Waals surface area contributed by atoms with Crippen molar-refractivity contribution in [2.75, 3.05) is 44.2 Å². The fraction of sp³-hybridized carbons (Fsp3) is 0.471. The van der Waals surface area contributed by atoms with Crippen LogP contribution in [0.4, 0.5) is 10.5 Å². The highest BCUT2D eigenvalue weighted by atomic mass is 16.2. The zero-order valence-corrected chi connectivity index (χ0v) is 14.0. The van der Waals surface area contributed by atoms with E-state index in [2.05, 4.69) is 37.9 Å². The van der Waals surface area contributed by atoms with E-state index in [0.29, 0.717) is 6.54 Å². The fourth-order valence-electron chi connectivity index (χ4n) is 3.08. The highest BCUT2D eigenvalue weighted by Crippen LogP contribution is 2.15. The quantitative estimate of drug-likeness (QED) is 0.606. The minimum absolute atomic E-state index is 0.0284. The first-order valence-electron chi connectivity index (χ1n) is 8.52. The van der Waals surface area contributed by atoms with Gasteiger partial charge in [0.25, 0.3) is 5.91 Å². The lowest BCUT2D eigenvalue weighted by Crippen LogP contribution is -2.48. The van der Waals surface area contributed by atoms with Gasteiger partial charge >= 0.3 is 6.03 Å². The van der Waals surface area contributed by atoms with Crippen LogP contribution in [0.2, 0.25) is 0 Å². The lowest BCUT2D eigenvalue weighted by atomic mass is 10.2. The zero-order chi connectivity index (χ0) is 17.6. The molecule has 0 aromatic heterocycles. The van der Waals surface area contributed by atoms with E-state index >= 15 is 0 Å². The largest absolute Gasteiger partial charge is 0.369 e. The summed E-state index contributed by atoms with van der Waals surface area (Å²) >= 11 is 0. The second-order valence-electron chi connectivity index (χ2n) is 6.23. The molecule has 2 fully saturated rings. The number of hydrogen-bond donors (Lipinski definition) is 3. The zero-order valence-electron chi connectivity index (χ0n) is 14.0. The Morgan fingerprint density at radius 3 is 2.48 bits per heavy atom. The van der Waals surface area contributed by atoms with Gasteiger partial charge in [-0.25, -0.2) is 4.79 Å². The molecule has 1 aromatic rings. The average molecular weight is 345 g/mol. The number of para-hydroxylation sites is 1. The van der Waals surface area contributed by atoms with Crippen LogP contribution in [0.15, 0.2) is 30.3 Å². The first-order valence-corrected chi connectivity index (χ1v) is 8.52. The summed E-state index contributed by atoms with van der Waals surface area (Å²) in [6.07, 6.45) is -0.0284. The Kier molecular flexibility index (Phi) is 5.49. The molecule has 25 heavy (non-hydrogen) atoms. The van der Waals surface area contributed by atoms with Crippen LogP contribution in [0.5, 0.6) is 0 Å². The summed E-state index contributed by atoms with van der Waals surface area (Å²) in [6, 6.07) is 9.04. The van der Waals surface area contributed by atoms with Crippen molar-refractivity contribution < 1.29 is 14.4 Å². The molecule has 8 heteroatoms. The van der Waals surface area contributed by atoms with E-state index in [1.54, 1.807) is 0 Å². The van der Waals surface area contributed by atoms with Gasteiger partial charge in [0.05, 0.1) is 6.42 Å². The molecule has 1 aromatic carbocycles. The topological polar surface area (TPSA) is 93.8 Å². The minimum Gasteiger partial charge on any atom is -0.369 e. The monoisotopic (exact) mass is 345 g/mol. The molecule has 2 aliphatic rings. The second kappa shape index (κ2) is 7.98. The van der Waals surface area contributed by atoms with Crippen molar-refractivity contribution in [1.29, 1.82) is 0 Å². The number of piperazine rings is 1. The lowest BCUT2D eigenvalue weighted by molar-refractivity contribution is -0.126. The van der Waals surface area contributed by atoms with E-state index in [1.165, 1.54) is 5.69 Å². The number of carbonyl (C=O) groups is 3. The van der Waals surface area contributed by atoms with Gasteiger partial charge in [0.15, 0.2) is 0 Å². The third-order valence-corrected chi connectivity index (χ3v) is 4.49. The van der Waals surface area contributed by atoms with Crippen LogP contribution in [-0.2, 0) is 9.59 Å². The number of hydrogen-bond acceptors (Lipinski definition) is 5. The van der Waals surface area contributed by atoms with E-state index in [4.69, 9.17) is 0 Å². The highest BCUT2D eigenvalue weighted by molar-refractivity contribution is 6.05. The summed E-state index contributed by atoms with van der Waals surface area (Å²) in [7, 11) is 0. The summed E-state index contributed by atoms with van der Waals surface area (Å²) in [5.74, 6) is -0.678. The van der Waals surface area contributed by atoms with Gasteiger partial charge in [-0.1, -0.05) is 18.2 Å². The number of amides is 4. The Hall–Kier alpha value is -2.61. The minimum atomic E-state index is -0.762. The first-order chi connectivity index (χ1) is 12.1. The molecule has 8 nitrogen and oxygen atoms in total. The van der Waals surface area contributed by atoms with Crippen LogP contribution in [0.1, 0.15) is 6.42 Å². The maximum absolute atomic E-state index is 11.9. The van der Waals surface area contributed by atoms with Crippen molar-refractivity contribution in [1.82, 2.24) is 20.9 Å². The van der Waals surface area contributed by atoms with Gasteiger partial charge in [0.1, 0.15) is 6.04 Å². The molecule has 0 saturated carbocycles. The Balaban J connectivity index is 1.33. The van der Waals surface area contributed by atoms with Crippen LogP contribution in [0.25, 0.3) is 0 Å². The molecule has 0 spiro atoms. The van der Waals surface area contributed by atoms with Crippen LogP contribution in [0, 0.1) is 0 Å². The molecule has 0 aliphatic carbocycles. The lowest BCUT2D eigenvalue weighted by Gasteiger charge is -2.36. The van der Waals surface area contributed by atoms with Gasteiger partial charge < -0.3 is 15.5 Å². The molecule has 2 saturated heterocycles. The SMILES string of the molecule is O=C(CC1NC(=O)NC1=O)NCCN1CCN(c2ccccc2)CC1. The predicted molar refractivity (Wildman–Crippen MR) is 93.2 cm³/mol. The Bertz CT molecular complexity index is 628. The molecule has 134 valence electrons. The standard InChI is InChI=1S/C17H23N5O3/c23-15(12-14-16(24)20-17(25)19-14)18-6-7-21-8-10-22(11-9-21)13-4-2-1-3-5-13/h1-5,14H,6-12H2,(H,18,23)(H2,19,20,24,25). The molecule has 3 N–H and O–H groups in total. The molecule has 3 rings (SSSR count). The van der Waals surface area contributed by atoms with Gasteiger partial charge in [0, 0.05) is 45.0 Å². The molecule has 1 unspecified atom stereocenters. The second-order valence-corrected chi connectivity index (χ2v) is 6.23. The Morgan fingerprint density at radius 2 is 1.84 bits per heavy atom. The number of urea groups is 1. The first kappa shape index (κ1) is 17.2. The predicted octanol–water partition coefficient (Wildman–Crippen LogP) is -0.477. The van der Waals surface area contributed by atoms with Gasteiger partial charge in [-0.15, -0.1) is 0 Å². The normalized spacial score (nSPS) is 21.0. The van der Waals surface area contributed by atoms with Crippen molar-refractivity contribution in [3.63, 3.8) is 0 Å². The fourth-order valence-corrected chi connectivity index (χ4v) is 3.08. The van der Waals surface area contributed by atoms with E-state index in [9.17, 15) is 14.4 Å². The summed E-state index contributed by atoms with van der Waals surface area (Å²) in [4.78, 5) is 38.9. The van der Waals surface area contributed by atoms with Gasteiger partial charge in [0.2, 0.25) is 5.91 Å². The molecule has 2 aliphatic heterocycles. The molecule has 1 atom stereocenters. The molecule has 4 amide bonds. The summed E-state index contributed by atoms with van der Waals surface area (Å²) < 4.78 is 0. The van der Waals surface area contributed by atoms with E-state index < -0.39 is 18.0 Å². The van der Waals surface area contributed by atoms with Crippen LogP contribution < -0.4 is 20.9 Å². The van der Waals surface area contributed by atoms with Gasteiger partial charge in [-0.2, -0.15) is 0 Å². The van der Waals surface area contributed by atoms with Crippen LogP contribution in [0.3, 0.4) is 0 Å². The van der Waals surface area contributed by atoms with Crippen molar-refractivity contribution in [2.24, 2.45) is 0 Å². The summed E-state index contributed by atoms with van der Waals surface area (Å²) in [5, 5.41) is 7.34. The van der Waals surface area contributed by atoms with Crippen molar-refractivity contribution in [3.05, 3.63) is 30.3 Å². The van der Waals surface area contributed by atoms with Crippen molar-refractivity contribution in [3.8, 4) is 0 Å². The van der Waals surface area contributed by atoms with Crippen molar-refractivity contribution in [2.45, 2.75) is 12.5 Å². The number of anilines is 1. The van der Waals surface area contributed by atoms with Crippen molar-refractivity contribution >= 4 is 23.5 Å². The highest BCUT2D eigenvalue weighted by Gasteiger charge is 2.31. The van der Waals surface area contributed by atoms with Gasteiger partial charge in [-0.3, -0.25) is 19.8 Å². The number of nitrogens with zero attached hydrogens (tertiary/aromatic N) is 2. The van der Waals surface area contributed by atoms with Gasteiger partial charge in [-0.05, 0) is 12.1 Å². The van der Waals surface area contributed by atoms with E-state index in [1.807, 2.05) is 18.2 Å². The maximum atomic E-state index is 11.9. The molecule has 2 heterocycles. The Morgan fingerprint density at radius 1 is 1.12 bits per heavy atom. The summed E-state index contributed by atoms with van der Waals surface area (Å²) in [6.45, 7) is 5.14. The number of nitrogens with one attached hydrogen (secondary N) is 3. The molecular weight excluding hydrogens is 322 g/mol. The molecular formula is C17H23N5O3. The number of imide groups is 1. The third kappa shape index (κ3) is 4.69. The number of benzene rings is 1. The van der Waals surface area contributed by atoms with Crippen LogP contribution >= 0.6 is 0 Å². The molecule has 0 radical (unpaired) electrons. The molecule has 0 bridgehead atoms. The third-order valence-electron chi connectivity index (χ3n) is 4.49. The number of carbonyl (C=O) groups excluding carboxylic acids is 3. The number of rotatable bonds is 6. The summed E-state index contributed by atoms with van der Waals surface area (Å²) in [5.41, 5.74) is 1.24. The smallest absolute Gasteiger partial charge is 0.322 e.